The highest BCUT2D eigenvalue weighted by atomic mass is 79.9. The van der Waals surface area contributed by atoms with Gasteiger partial charge in [-0.25, -0.2) is 0 Å². The van der Waals surface area contributed by atoms with Crippen molar-refractivity contribution in [2.75, 3.05) is 38.5 Å². The Morgan fingerprint density at radius 1 is 1.00 bits per heavy atom. The first-order valence-corrected chi connectivity index (χ1v) is 8.98. The summed E-state index contributed by atoms with van der Waals surface area (Å²) in [6.07, 6.45) is 5.51. The summed E-state index contributed by atoms with van der Waals surface area (Å²) in [7, 11) is 0. The van der Waals surface area contributed by atoms with E-state index in [1.54, 1.807) is 0 Å². The number of piperidine rings is 1. The molecule has 1 aromatic rings. The van der Waals surface area contributed by atoms with Crippen molar-refractivity contribution in [3.63, 3.8) is 0 Å². The SMILES string of the molecule is Nc1cc(Br)cc(CN2CCC(CN3CCCC3)CC2)c1. The van der Waals surface area contributed by atoms with E-state index in [1.165, 1.54) is 64.0 Å². The zero-order chi connectivity index (χ0) is 14.7. The molecule has 0 bridgehead atoms. The van der Waals surface area contributed by atoms with Crippen LogP contribution < -0.4 is 5.73 Å². The average molecular weight is 352 g/mol. The molecule has 0 aliphatic carbocycles. The van der Waals surface area contributed by atoms with Gasteiger partial charge in [-0.1, -0.05) is 15.9 Å². The number of likely N-dealkylation sites (tertiary alicyclic amines) is 2. The summed E-state index contributed by atoms with van der Waals surface area (Å²) in [5.41, 5.74) is 8.09. The number of hydrogen-bond donors (Lipinski definition) is 1. The Hall–Kier alpha value is -0.580. The summed E-state index contributed by atoms with van der Waals surface area (Å²) in [6.45, 7) is 7.47. The van der Waals surface area contributed by atoms with E-state index >= 15 is 0 Å². The second kappa shape index (κ2) is 7.12. The first kappa shape index (κ1) is 15.3. The highest BCUT2D eigenvalue weighted by molar-refractivity contribution is 9.10. The van der Waals surface area contributed by atoms with Crippen molar-refractivity contribution in [1.29, 1.82) is 0 Å². The highest BCUT2D eigenvalue weighted by Crippen LogP contribution is 2.23. The molecule has 4 heteroatoms. The second-order valence-electron chi connectivity index (χ2n) is 6.62. The van der Waals surface area contributed by atoms with Crippen molar-refractivity contribution < 1.29 is 0 Å². The maximum Gasteiger partial charge on any atom is 0.0328 e. The third kappa shape index (κ3) is 4.44. The van der Waals surface area contributed by atoms with Crippen molar-refractivity contribution >= 4 is 21.6 Å². The Bertz CT molecular complexity index is 443. The van der Waals surface area contributed by atoms with Crippen LogP contribution in [0.5, 0.6) is 0 Å². The minimum atomic E-state index is 0.850. The van der Waals surface area contributed by atoms with Gasteiger partial charge in [-0.05, 0) is 81.5 Å². The zero-order valence-electron chi connectivity index (χ0n) is 12.7. The molecule has 0 saturated carbocycles. The number of nitrogens with two attached hydrogens (primary N) is 1. The lowest BCUT2D eigenvalue weighted by molar-refractivity contribution is 0.149. The van der Waals surface area contributed by atoms with Gasteiger partial charge < -0.3 is 10.6 Å². The summed E-state index contributed by atoms with van der Waals surface area (Å²) in [6, 6.07) is 6.25. The van der Waals surface area contributed by atoms with Gasteiger partial charge >= 0.3 is 0 Å². The van der Waals surface area contributed by atoms with E-state index in [0.29, 0.717) is 0 Å². The highest BCUT2D eigenvalue weighted by Gasteiger charge is 2.22. The summed E-state index contributed by atoms with van der Waals surface area (Å²) < 4.78 is 1.08. The third-order valence-corrected chi connectivity index (χ3v) is 5.27. The molecule has 21 heavy (non-hydrogen) atoms. The topological polar surface area (TPSA) is 32.5 Å². The molecule has 116 valence electrons. The molecular formula is C17H26BrN3. The van der Waals surface area contributed by atoms with Crippen LogP contribution in [-0.4, -0.2) is 42.5 Å². The quantitative estimate of drug-likeness (QED) is 0.844. The van der Waals surface area contributed by atoms with Crippen molar-refractivity contribution in [3.8, 4) is 0 Å². The van der Waals surface area contributed by atoms with Crippen molar-refractivity contribution in [1.82, 2.24) is 9.80 Å². The number of anilines is 1. The van der Waals surface area contributed by atoms with Crippen LogP contribution in [-0.2, 0) is 6.54 Å². The minimum Gasteiger partial charge on any atom is -0.399 e. The molecule has 0 unspecified atom stereocenters. The molecule has 0 spiro atoms. The smallest absolute Gasteiger partial charge is 0.0328 e. The van der Waals surface area contributed by atoms with Crippen LogP contribution >= 0.6 is 15.9 Å². The number of halogens is 1. The van der Waals surface area contributed by atoms with E-state index in [9.17, 15) is 0 Å². The van der Waals surface area contributed by atoms with E-state index in [-0.39, 0.29) is 0 Å². The van der Waals surface area contributed by atoms with Gasteiger partial charge in [-0.2, -0.15) is 0 Å². The molecule has 2 aliphatic heterocycles. The van der Waals surface area contributed by atoms with Crippen molar-refractivity contribution in [2.45, 2.75) is 32.2 Å². The van der Waals surface area contributed by atoms with E-state index in [2.05, 4.69) is 37.9 Å². The molecule has 0 amide bonds. The third-order valence-electron chi connectivity index (χ3n) is 4.81. The molecule has 0 aromatic heterocycles. The second-order valence-corrected chi connectivity index (χ2v) is 7.54. The van der Waals surface area contributed by atoms with Crippen LogP contribution in [0.25, 0.3) is 0 Å². The van der Waals surface area contributed by atoms with Crippen LogP contribution in [0.4, 0.5) is 5.69 Å². The Morgan fingerprint density at radius 3 is 2.38 bits per heavy atom. The van der Waals surface area contributed by atoms with Gasteiger partial charge in [0.05, 0.1) is 0 Å². The Kier molecular flexibility index (Phi) is 5.19. The Morgan fingerprint density at radius 2 is 1.71 bits per heavy atom. The number of nitrogen functional groups attached to an aromatic ring is 1. The van der Waals surface area contributed by atoms with E-state index < -0.39 is 0 Å². The van der Waals surface area contributed by atoms with Gasteiger partial charge in [0.2, 0.25) is 0 Å². The molecule has 2 saturated heterocycles. The van der Waals surface area contributed by atoms with Gasteiger partial charge in [0, 0.05) is 23.2 Å². The molecular weight excluding hydrogens is 326 g/mol. The first-order chi connectivity index (χ1) is 10.2. The summed E-state index contributed by atoms with van der Waals surface area (Å²) >= 11 is 3.53. The standard InChI is InChI=1S/C17H26BrN3/c18-16-9-15(10-17(19)11-16)13-21-7-3-14(4-8-21)12-20-5-1-2-6-20/h9-11,14H,1-8,12-13,19H2. The molecule has 0 atom stereocenters. The molecule has 2 heterocycles. The van der Waals surface area contributed by atoms with Gasteiger partial charge in [-0.3, -0.25) is 4.90 Å². The maximum absolute atomic E-state index is 5.92. The number of benzene rings is 1. The molecule has 2 N–H and O–H groups in total. The first-order valence-electron chi connectivity index (χ1n) is 8.19. The van der Waals surface area contributed by atoms with E-state index in [0.717, 1.165) is 22.6 Å². The van der Waals surface area contributed by atoms with E-state index in [1.807, 2.05) is 6.07 Å². The fourth-order valence-electron chi connectivity index (χ4n) is 3.68. The summed E-state index contributed by atoms with van der Waals surface area (Å²) in [5, 5.41) is 0. The van der Waals surface area contributed by atoms with Crippen LogP contribution in [0.15, 0.2) is 22.7 Å². The predicted molar refractivity (Wildman–Crippen MR) is 92.2 cm³/mol. The average Bonchev–Trinajstić information content (AvgIpc) is 2.93. The van der Waals surface area contributed by atoms with Gasteiger partial charge in [0.15, 0.2) is 0 Å². The molecule has 0 radical (unpaired) electrons. The summed E-state index contributed by atoms with van der Waals surface area (Å²) in [4.78, 5) is 5.23. The van der Waals surface area contributed by atoms with Gasteiger partial charge in [0.25, 0.3) is 0 Å². The molecule has 3 rings (SSSR count). The van der Waals surface area contributed by atoms with Crippen LogP contribution in [0.3, 0.4) is 0 Å². The monoisotopic (exact) mass is 351 g/mol. The van der Waals surface area contributed by atoms with E-state index in [4.69, 9.17) is 5.73 Å². The normalized spacial score (nSPS) is 22.0. The Balaban J connectivity index is 1.46. The van der Waals surface area contributed by atoms with Crippen molar-refractivity contribution in [2.24, 2.45) is 5.92 Å². The lowest BCUT2D eigenvalue weighted by Crippen LogP contribution is -2.37. The van der Waals surface area contributed by atoms with Crippen LogP contribution in [0.2, 0.25) is 0 Å². The molecule has 2 aliphatic rings. The fourth-order valence-corrected chi connectivity index (χ4v) is 4.24. The minimum absolute atomic E-state index is 0.850. The maximum atomic E-state index is 5.92. The lowest BCUT2D eigenvalue weighted by Gasteiger charge is -2.34. The predicted octanol–water partition coefficient (Wildman–Crippen LogP) is 3.34. The largest absolute Gasteiger partial charge is 0.399 e. The van der Waals surface area contributed by atoms with Gasteiger partial charge in [0.1, 0.15) is 0 Å². The molecule has 3 nitrogen and oxygen atoms in total. The summed E-state index contributed by atoms with van der Waals surface area (Å²) in [5.74, 6) is 0.909. The molecule has 2 fully saturated rings. The molecule has 1 aromatic carbocycles. The van der Waals surface area contributed by atoms with Crippen LogP contribution in [0.1, 0.15) is 31.2 Å². The number of nitrogens with zero attached hydrogens (tertiary/aromatic N) is 2. The fraction of sp³-hybridized carbons (Fsp3) is 0.647. The van der Waals surface area contributed by atoms with Crippen LogP contribution in [0, 0.1) is 5.92 Å². The lowest BCUT2D eigenvalue weighted by atomic mass is 9.96. The van der Waals surface area contributed by atoms with Gasteiger partial charge in [-0.15, -0.1) is 0 Å². The van der Waals surface area contributed by atoms with Crippen molar-refractivity contribution in [3.05, 3.63) is 28.2 Å². The zero-order valence-corrected chi connectivity index (χ0v) is 14.3. The number of rotatable bonds is 4. The Labute approximate surface area is 136 Å². The number of hydrogen-bond acceptors (Lipinski definition) is 3.